The molecule has 0 N–H and O–H groups in total. The standard InChI is InChI=1S/C14H13BrN2O3/c1-20-13(19)7-8-17-12(18)9-11(15)14(16-17)10-5-3-2-4-6-10/h2-6,9H,7-8H2,1H3. The predicted molar refractivity (Wildman–Crippen MR) is 78.3 cm³/mol. The molecule has 0 bridgehead atoms. The molecule has 104 valence electrons. The van der Waals surface area contributed by atoms with Gasteiger partial charge in [0, 0.05) is 11.6 Å². The molecule has 1 aromatic carbocycles. The van der Waals surface area contributed by atoms with Gasteiger partial charge in [0.15, 0.2) is 0 Å². The summed E-state index contributed by atoms with van der Waals surface area (Å²) in [5, 5.41) is 4.30. The van der Waals surface area contributed by atoms with E-state index in [-0.39, 0.29) is 24.5 Å². The van der Waals surface area contributed by atoms with E-state index in [2.05, 4.69) is 25.8 Å². The van der Waals surface area contributed by atoms with Crippen molar-refractivity contribution >= 4 is 21.9 Å². The second-order valence-corrected chi connectivity index (χ2v) is 4.95. The maximum Gasteiger partial charge on any atom is 0.307 e. The molecule has 0 radical (unpaired) electrons. The topological polar surface area (TPSA) is 61.2 Å². The lowest BCUT2D eigenvalue weighted by molar-refractivity contribution is -0.140. The highest BCUT2D eigenvalue weighted by molar-refractivity contribution is 9.10. The maximum absolute atomic E-state index is 11.8. The Balaban J connectivity index is 2.35. The van der Waals surface area contributed by atoms with E-state index in [4.69, 9.17) is 0 Å². The third-order valence-corrected chi connectivity index (χ3v) is 3.36. The van der Waals surface area contributed by atoms with E-state index in [0.29, 0.717) is 10.2 Å². The van der Waals surface area contributed by atoms with Crippen molar-refractivity contribution in [2.24, 2.45) is 0 Å². The van der Waals surface area contributed by atoms with Crippen molar-refractivity contribution in [1.82, 2.24) is 9.78 Å². The molecule has 0 aliphatic rings. The van der Waals surface area contributed by atoms with Crippen LogP contribution in [0.5, 0.6) is 0 Å². The third kappa shape index (κ3) is 3.33. The van der Waals surface area contributed by atoms with Crippen LogP contribution >= 0.6 is 15.9 Å². The molecule has 0 fully saturated rings. The summed E-state index contributed by atoms with van der Waals surface area (Å²) in [5.41, 5.74) is 1.29. The van der Waals surface area contributed by atoms with Gasteiger partial charge < -0.3 is 4.74 Å². The number of hydrogen-bond donors (Lipinski definition) is 0. The average Bonchev–Trinajstić information content (AvgIpc) is 2.47. The van der Waals surface area contributed by atoms with Gasteiger partial charge in [0.25, 0.3) is 5.56 Å². The van der Waals surface area contributed by atoms with Crippen LogP contribution in [0.4, 0.5) is 0 Å². The fourth-order valence-electron chi connectivity index (χ4n) is 1.72. The van der Waals surface area contributed by atoms with Gasteiger partial charge in [-0.15, -0.1) is 0 Å². The highest BCUT2D eigenvalue weighted by atomic mass is 79.9. The molecular weight excluding hydrogens is 324 g/mol. The molecule has 0 atom stereocenters. The summed E-state index contributed by atoms with van der Waals surface area (Å²) in [6, 6.07) is 11.0. The predicted octanol–water partition coefficient (Wildman–Crippen LogP) is 2.24. The van der Waals surface area contributed by atoms with Gasteiger partial charge in [-0.05, 0) is 15.9 Å². The summed E-state index contributed by atoms with van der Waals surface area (Å²) < 4.78 is 6.45. The van der Waals surface area contributed by atoms with Gasteiger partial charge in [-0.25, -0.2) is 4.68 Å². The Morgan fingerprint density at radius 3 is 2.70 bits per heavy atom. The third-order valence-electron chi connectivity index (χ3n) is 2.75. The van der Waals surface area contributed by atoms with Gasteiger partial charge in [-0.3, -0.25) is 9.59 Å². The van der Waals surface area contributed by atoms with Crippen LogP contribution in [0.2, 0.25) is 0 Å². The second kappa shape index (κ2) is 6.47. The number of carbonyl (C=O) groups is 1. The second-order valence-electron chi connectivity index (χ2n) is 4.09. The van der Waals surface area contributed by atoms with Gasteiger partial charge in [-0.1, -0.05) is 30.3 Å². The van der Waals surface area contributed by atoms with Crippen LogP contribution in [0.15, 0.2) is 45.7 Å². The highest BCUT2D eigenvalue weighted by Gasteiger charge is 2.10. The largest absolute Gasteiger partial charge is 0.469 e. The molecule has 0 saturated heterocycles. The number of rotatable bonds is 4. The van der Waals surface area contributed by atoms with Gasteiger partial charge in [0.1, 0.15) is 5.69 Å². The first kappa shape index (κ1) is 14.5. The van der Waals surface area contributed by atoms with E-state index in [1.807, 2.05) is 30.3 Å². The van der Waals surface area contributed by atoms with Crippen LogP contribution in [0.3, 0.4) is 0 Å². The fourth-order valence-corrected chi connectivity index (χ4v) is 2.22. The zero-order valence-corrected chi connectivity index (χ0v) is 12.5. The molecule has 6 heteroatoms. The molecule has 0 unspecified atom stereocenters. The summed E-state index contributed by atoms with van der Waals surface area (Å²) in [7, 11) is 1.31. The quantitative estimate of drug-likeness (QED) is 0.803. The van der Waals surface area contributed by atoms with Crippen LogP contribution in [0, 0.1) is 0 Å². The number of methoxy groups -OCH3 is 1. The first-order chi connectivity index (χ1) is 9.61. The fraction of sp³-hybridized carbons (Fsp3) is 0.214. The molecule has 0 aliphatic carbocycles. The van der Waals surface area contributed by atoms with Crippen LogP contribution in [-0.2, 0) is 16.1 Å². The van der Waals surface area contributed by atoms with Gasteiger partial charge in [0.2, 0.25) is 0 Å². The van der Waals surface area contributed by atoms with Crippen molar-refractivity contribution in [2.75, 3.05) is 7.11 Å². The Hall–Kier alpha value is -1.95. The molecule has 5 nitrogen and oxygen atoms in total. The van der Waals surface area contributed by atoms with E-state index in [9.17, 15) is 9.59 Å². The molecule has 0 aliphatic heterocycles. The zero-order chi connectivity index (χ0) is 14.5. The molecule has 2 rings (SSSR count). The van der Waals surface area contributed by atoms with Crippen LogP contribution in [0.25, 0.3) is 11.3 Å². The molecule has 0 saturated carbocycles. The lowest BCUT2D eigenvalue weighted by Crippen LogP contribution is -2.24. The number of ether oxygens (including phenoxy) is 1. The van der Waals surface area contributed by atoms with E-state index in [1.165, 1.54) is 17.9 Å². The van der Waals surface area contributed by atoms with Crippen molar-refractivity contribution < 1.29 is 9.53 Å². The Bertz CT molecular complexity index is 668. The Morgan fingerprint density at radius 1 is 1.35 bits per heavy atom. The molecule has 2 aromatic rings. The lowest BCUT2D eigenvalue weighted by atomic mass is 10.1. The van der Waals surface area contributed by atoms with Gasteiger partial charge in [-0.2, -0.15) is 5.10 Å². The molecule has 20 heavy (non-hydrogen) atoms. The van der Waals surface area contributed by atoms with E-state index >= 15 is 0 Å². The Kier molecular flexibility index (Phi) is 4.68. The SMILES string of the molecule is COC(=O)CCn1nc(-c2ccccc2)c(Br)cc1=O. The number of aryl methyl sites for hydroxylation is 1. The van der Waals surface area contributed by atoms with E-state index < -0.39 is 0 Å². The minimum Gasteiger partial charge on any atom is -0.469 e. The first-order valence-electron chi connectivity index (χ1n) is 6.01. The zero-order valence-electron chi connectivity index (χ0n) is 10.9. The number of carbonyl (C=O) groups excluding carboxylic acids is 1. The van der Waals surface area contributed by atoms with Crippen molar-refractivity contribution in [3.63, 3.8) is 0 Å². The van der Waals surface area contributed by atoms with Crippen molar-refractivity contribution in [1.29, 1.82) is 0 Å². The normalized spacial score (nSPS) is 10.3. The van der Waals surface area contributed by atoms with Crippen molar-refractivity contribution in [3.8, 4) is 11.3 Å². The molecule has 0 spiro atoms. The minimum absolute atomic E-state index is 0.110. The minimum atomic E-state index is -0.372. The molecule has 1 heterocycles. The molecular formula is C14H13BrN2O3. The van der Waals surface area contributed by atoms with E-state index in [0.717, 1.165) is 5.56 Å². The monoisotopic (exact) mass is 336 g/mol. The van der Waals surface area contributed by atoms with Crippen molar-refractivity contribution in [2.45, 2.75) is 13.0 Å². The summed E-state index contributed by atoms with van der Waals surface area (Å²) in [4.78, 5) is 23.0. The first-order valence-corrected chi connectivity index (χ1v) is 6.81. The Morgan fingerprint density at radius 2 is 2.05 bits per heavy atom. The Labute approximate surface area is 124 Å². The van der Waals surface area contributed by atoms with E-state index in [1.54, 1.807) is 0 Å². The number of hydrogen-bond acceptors (Lipinski definition) is 4. The maximum atomic E-state index is 11.8. The number of nitrogens with zero attached hydrogens (tertiary/aromatic N) is 2. The lowest BCUT2D eigenvalue weighted by Gasteiger charge is -2.08. The smallest absolute Gasteiger partial charge is 0.307 e. The van der Waals surface area contributed by atoms with Crippen LogP contribution in [-0.4, -0.2) is 22.9 Å². The number of halogens is 1. The summed E-state index contributed by atoms with van der Waals surface area (Å²) in [5.74, 6) is -0.372. The number of esters is 1. The number of benzene rings is 1. The summed E-state index contributed by atoms with van der Waals surface area (Å²) in [6.45, 7) is 0.193. The van der Waals surface area contributed by atoms with Crippen LogP contribution in [0.1, 0.15) is 6.42 Å². The molecule has 1 aromatic heterocycles. The van der Waals surface area contributed by atoms with Gasteiger partial charge >= 0.3 is 5.97 Å². The van der Waals surface area contributed by atoms with Crippen LogP contribution < -0.4 is 5.56 Å². The highest BCUT2D eigenvalue weighted by Crippen LogP contribution is 2.23. The molecule has 0 amide bonds. The summed E-state index contributed by atoms with van der Waals surface area (Å²) in [6.07, 6.45) is 0.110. The number of aromatic nitrogens is 2. The van der Waals surface area contributed by atoms with Crippen molar-refractivity contribution in [3.05, 3.63) is 51.2 Å². The van der Waals surface area contributed by atoms with Gasteiger partial charge in [0.05, 0.1) is 24.5 Å². The summed E-state index contributed by atoms with van der Waals surface area (Å²) >= 11 is 3.34. The average molecular weight is 337 g/mol.